The first-order valence-electron chi connectivity index (χ1n) is 11.3. The third kappa shape index (κ3) is 9.16. The molecule has 1 aromatic carbocycles. The van der Waals surface area contributed by atoms with Gasteiger partial charge in [-0.1, -0.05) is 44.9 Å². The molecule has 3 amide bonds. The summed E-state index contributed by atoms with van der Waals surface area (Å²) in [5, 5.41) is 15.9. The van der Waals surface area contributed by atoms with Crippen molar-refractivity contribution in [1.82, 2.24) is 15.5 Å². The molecule has 180 valence electrons. The molecule has 8 nitrogen and oxygen atoms in total. The summed E-state index contributed by atoms with van der Waals surface area (Å²) in [4.78, 5) is 39.9. The second-order valence-corrected chi connectivity index (χ2v) is 8.96. The van der Waals surface area contributed by atoms with Crippen molar-refractivity contribution in [1.29, 1.82) is 0 Å². The molecule has 2 unspecified atom stereocenters. The van der Waals surface area contributed by atoms with E-state index in [4.69, 9.17) is 4.74 Å². The minimum atomic E-state index is -1.02. The van der Waals surface area contributed by atoms with Gasteiger partial charge in [-0.15, -0.1) is 0 Å². The minimum Gasteiger partial charge on any atom is -0.508 e. The van der Waals surface area contributed by atoms with Crippen molar-refractivity contribution in [2.75, 3.05) is 13.1 Å². The first-order valence-corrected chi connectivity index (χ1v) is 11.3. The second-order valence-electron chi connectivity index (χ2n) is 8.96. The van der Waals surface area contributed by atoms with Crippen LogP contribution in [0.3, 0.4) is 0 Å². The molecular weight excluding hydrogens is 410 g/mol. The number of rotatable bonds is 11. The molecule has 2 atom stereocenters. The number of ether oxygens (including phenoxy) is 1. The summed E-state index contributed by atoms with van der Waals surface area (Å²) in [7, 11) is 0. The van der Waals surface area contributed by atoms with E-state index in [1.807, 2.05) is 20.8 Å². The molecule has 3 N–H and O–H groups in total. The monoisotopic (exact) mass is 449 g/mol. The highest BCUT2D eigenvalue weighted by Crippen LogP contribution is 2.29. The number of phenolic OH excluding ortho intramolecular Hbond substituents is 1. The Labute approximate surface area is 191 Å². The topological polar surface area (TPSA) is 108 Å². The highest BCUT2D eigenvalue weighted by atomic mass is 16.6. The van der Waals surface area contributed by atoms with Gasteiger partial charge >= 0.3 is 6.09 Å². The van der Waals surface area contributed by atoms with Crippen LogP contribution < -0.4 is 10.6 Å². The fourth-order valence-electron chi connectivity index (χ4n) is 3.29. The van der Waals surface area contributed by atoms with Gasteiger partial charge in [0, 0.05) is 18.2 Å². The lowest BCUT2D eigenvalue weighted by molar-refractivity contribution is -0.140. The number of nitrogens with zero attached hydrogens (tertiary/aromatic N) is 1. The first-order chi connectivity index (χ1) is 15.0. The van der Waals surface area contributed by atoms with E-state index in [0.29, 0.717) is 18.5 Å². The van der Waals surface area contributed by atoms with Crippen LogP contribution in [-0.2, 0) is 14.3 Å². The Morgan fingerprint density at radius 3 is 2.34 bits per heavy atom. The normalized spacial score (nSPS) is 13.1. The molecule has 0 saturated heterocycles. The quantitative estimate of drug-likeness (QED) is 0.475. The van der Waals surface area contributed by atoms with Crippen LogP contribution in [0.4, 0.5) is 4.79 Å². The number of aromatic hydroxyl groups is 1. The van der Waals surface area contributed by atoms with E-state index in [1.54, 1.807) is 39.0 Å². The maximum atomic E-state index is 13.3. The fraction of sp³-hybridized carbons (Fsp3) is 0.625. The molecule has 1 rings (SSSR count). The van der Waals surface area contributed by atoms with Gasteiger partial charge in [-0.05, 0) is 46.6 Å². The Kier molecular flexibility index (Phi) is 11.0. The lowest BCUT2D eigenvalue weighted by Crippen LogP contribution is -2.49. The highest BCUT2D eigenvalue weighted by Gasteiger charge is 2.33. The summed E-state index contributed by atoms with van der Waals surface area (Å²) in [6.07, 6.45) is 2.47. The van der Waals surface area contributed by atoms with Gasteiger partial charge < -0.3 is 25.4 Å². The Bertz CT molecular complexity index is 760. The predicted molar refractivity (Wildman–Crippen MR) is 124 cm³/mol. The molecule has 0 aliphatic carbocycles. The van der Waals surface area contributed by atoms with E-state index >= 15 is 0 Å². The number of amides is 3. The van der Waals surface area contributed by atoms with Crippen molar-refractivity contribution < 1.29 is 24.2 Å². The van der Waals surface area contributed by atoms with Gasteiger partial charge in [-0.25, -0.2) is 4.79 Å². The van der Waals surface area contributed by atoms with Gasteiger partial charge in [0.05, 0.1) is 0 Å². The van der Waals surface area contributed by atoms with Crippen molar-refractivity contribution >= 4 is 17.9 Å². The number of hydrogen-bond acceptors (Lipinski definition) is 5. The molecule has 0 radical (unpaired) electrons. The molecule has 32 heavy (non-hydrogen) atoms. The van der Waals surface area contributed by atoms with Crippen LogP contribution >= 0.6 is 0 Å². The summed E-state index contributed by atoms with van der Waals surface area (Å²) in [5.41, 5.74) is -0.349. The summed E-state index contributed by atoms with van der Waals surface area (Å²) in [5.74, 6) is -0.866. The molecular formula is C24H39N3O5. The zero-order chi connectivity index (χ0) is 24.3. The number of phenols is 1. The highest BCUT2D eigenvalue weighted by molar-refractivity contribution is 5.91. The maximum Gasteiger partial charge on any atom is 0.408 e. The van der Waals surface area contributed by atoms with Crippen LogP contribution in [0.25, 0.3) is 0 Å². The molecule has 0 bridgehead atoms. The van der Waals surface area contributed by atoms with E-state index in [2.05, 4.69) is 10.6 Å². The molecule has 0 aliphatic heterocycles. The summed E-state index contributed by atoms with van der Waals surface area (Å²) in [6.45, 7) is 11.1. The number of alkyl carbamates (subject to hydrolysis) is 1. The zero-order valence-corrected chi connectivity index (χ0v) is 20.2. The lowest BCUT2D eigenvalue weighted by atomic mass is 10.0. The Hall–Kier alpha value is -2.77. The van der Waals surface area contributed by atoms with E-state index < -0.39 is 23.6 Å². The molecule has 1 aromatic rings. The molecule has 0 fully saturated rings. The number of benzene rings is 1. The zero-order valence-electron chi connectivity index (χ0n) is 20.2. The third-order valence-electron chi connectivity index (χ3n) is 4.76. The molecule has 0 saturated carbocycles. The largest absolute Gasteiger partial charge is 0.508 e. The standard InChI is InChI=1S/C24H39N3O5/c1-7-9-15-27(20(29)16-25-23(31)32-24(4,5)6)21(18-13-10-11-14-19(18)28)22(30)26-17(3)12-8-2/h10-11,13-14,17,21,28H,7-9,12,15-16H2,1-6H3,(H,25,31)(H,26,30). The molecule has 0 aromatic heterocycles. The summed E-state index contributed by atoms with van der Waals surface area (Å²) in [6, 6.07) is 5.41. The van der Waals surface area contributed by atoms with Gasteiger partial charge in [-0.2, -0.15) is 0 Å². The van der Waals surface area contributed by atoms with Crippen LogP contribution in [0.2, 0.25) is 0 Å². The van der Waals surface area contributed by atoms with Crippen LogP contribution in [0, 0.1) is 0 Å². The average Bonchev–Trinajstić information content (AvgIpc) is 2.69. The van der Waals surface area contributed by atoms with E-state index in [1.165, 1.54) is 11.0 Å². The number of unbranched alkanes of at least 4 members (excludes halogenated alkanes) is 1. The Balaban J connectivity index is 3.19. The fourth-order valence-corrected chi connectivity index (χ4v) is 3.29. The smallest absolute Gasteiger partial charge is 0.408 e. The van der Waals surface area contributed by atoms with E-state index in [9.17, 15) is 19.5 Å². The lowest BCUT2D eigenvalue weighted by Gasteiger charge is -2.32. The Morgan fingerprint density at radius 1 is 1.12 bits per heavy atom. The van der Waals surface area contributed by atoms with Gasteiger partial charge in [0.15, 0.2) is 0 Å². The SMILES string of the molecule is CCCCN(C(=O)CNC(=O)OC(C)(C)C)C(C(=O)NC(C)CCC)c1ccccc1O. The van der Waals surface area contributed by atoms with Crippen LogP contribution in [0.1, 0.15) is 78.8 Å². The number of hydrogen-bond donors (Lipinski definition) is 3. The van der Waals surface area contributed by atoms with E-state index in [-0.39, 0.29) is 24.2 Å². The predicted octanol–water partition coefficient (Wildman–Crippen LogP) is 3.89. The molecule has 0 aliphatic rings. The number of nitrogens with one attached hydrogen (secondary N) is 2. The molecule has 8 heteroatoms. The number of carbonyl (C=O) groups is 3. The van der Waals surface area contributed by atoms with Crippen molar-refractivity contribution in [3.63, 3.8) is 0 Å². The summed E-state index contributed by atoms with van der Waals surface area (Å²) >= 11 is 0. The third-order valence-corrected chi connectivity index (χ3v) is 4.76. The second kappa shape index (κ2) is 12.9. The van der Waals surface area contributed by atoms with Crippen molar-refractivity contribution in [2.24, 2.45) is 0 Å². The molecule has 0 heterocycles. The van der Waals surface area contributed by atoms with Crippen molar-refractivity contribution in [3.8, 4) is 5.75 Å². The summed E-state index contributed by atoms with van der Waals surface area (Å²) < 4.78 is 5.20. The van der Waals surface area contributed by atoms with Gasteiger partial charge in [0.1, 0.15) is 23.9 Å². The average molecular weight is 450 g/mol. The minimum absolute atomic E-state index is 0.0646. The van der Waals surface area contributed by atoms with Crippen molar-refractivity contribution in [2.45, 2.75) is 84.9 Å². The van der Waals surface area contributed by atoms with Crippen LogP contribution in [0.5, 0.6) is 5.75 Å². The van der Waals surface area contributed by atoms with E-state index in [0.717, 1.165) is 19.3 Å². The Morgan fingerprint density at radius 2 is 1.78 bits per heavy atom. The van der Waals surface area contributed by atoms with Crippen LogP contribution in [0.15, 0.2) is 24.3 Å². The number of para-hydroxylation sites is 1. The first kappa shape index (κ1) is 27.3. The van der Waals surface area contributed by atoms with Crippen LogP contribution in [-0.4, -0.2) is 52.6 Å². The van der Waals surface area contributed by atoms with Gasteiger partial charge in [-0.3, -0.25) is 9.59 Å². The maximum absolute atomic E-state index is 13.3. The number of carbonyl (C=O) groups excluding carboxylic acids is 3. The van der Waals surface area contributed by atoms with Gasteiger partial charge in [0.25, 0.3) is 0 Å². The van der Waals surface area contributed by atoms with Gasteiger partial charge in [0.2, 0.25) is 11.8 Å². The molecule has 0 spiro atoms. The van der Waals surface area contributed by atoms with Crippen molar-refractivity contribution in [3.05, 3.63) is 29.8 Å².